The van der Waals surface area contributed by atoms with Crippen LogP contribution in [-0.4, -0.2) is 12.1 Å². The number of benzene rings is 1. The molecule has 3 rings (SSSR count). The van der Waals surface area contributed by atoms with Crippen LogP contribution in [0.25, 0.3) is 21.0 Å². The molecule has 0 aliphatic heterocycles. The van der Waals surface area contributed by atoms with Crippen LogP contribution in [-0.2, 0) is 0 Å². The number of rotatable bonds is 1. The van der Waals surface area contributed by atoms with E-state index in [2.05, 4.69) is 22.5 Å². The lowest BCUT2D eigenvalue weighted by atomic mass is 10.1. The average Bonchev–Trinajstić information content (AvgIpc) is 2.76. The van der Waals surface area contributed by atoms with Gasteiger partial charge in [0.25, 0.3) is 0 Å². The zero-order valence-corrected chi connectivity index (χ0v) is 9.04. The van der Waals surface area contributed by atoms with Crippen LogP contribution in [0.4, 0.5) is 0 Å². The summed E-state index contributed by atoms with van der Waals surface area (Å²) >= 11 is 1.65. The number of nitrogens with zero attached hydrogens (tertiary/aromatic N) is 1. The normalized spacial score (nSPS) is 11.0. The molecule has 0 bridgehead atoms. The Morgan fingerprint density at radius 2 is 2.20 bits per heavy atom. The summed E-state index contributed by atoms with van der Waals surface area (Å²) in [5.41, 5.74) is 0. The standard InChI is InChI=1S/C12H9NOS/c1-14-10-4-2-3-8-7-13-12-9(11(8)10)5-6-15-12/h2-7H,1H3. The fourth-order valence-corrected chi connectivity index (χ4v) is 2.58. The average molecular weight is 215 g/mol. The SMILES string of the molecule is COc1cccc2cnc3sccc3c12. The molecule has 0 aliphatic carbocycles. The first-order valence-corrected chi connectivity index (χ1v) is 5.57. The molecule has 0 aliphatic rings. The summed E-state index contributed by atoms with van der Waals surface area (Å²) < 4.78 is 5.38. The smallest absolute Gasteiger partial charge is 0.127 e. The molecule has 0 saturated heterocycles. The monoisotopic (exact) mass is 215 g/mol. The van der Waals surface area contributed by atoms with Gasteiger partial charge in [0.15, 0.2) is 0 Å². The van der Waals surface area contributed by atoms with Crippen LogP contribution < -0.4 is 4.74 Å². The van der Waals surface area contributed by atoms with Gasteiger partial charge in [-0.05, 0) is 17.5 Å². The molecular weight excluding hydrogens is 206 g/mol. The highest BCUT2D eigenvalue weighted by Crippen LogP contribution is 2.33. The minimum absolute atomic E-state index is 0.915. The van der Waals surface area contributed by atoms with Gasteiger partial charge in [-0.15, -0.1) is 11.3 Å². The van der Waals surface area contributed by atoms with Gasteiger partial charge in [0.05, 0.1) is 7.11 Å². The Hall–Kier alpha value is -1.61. The molecule has 15 heavy (non-hydrogen) atoms. The summed E-state index contributed by atoms with van der Waals surface area (Å²) in [6, 6.07) is 8.13. The maximum absolute atomic E-state index is 5.38. The topological polar surface area (TPSA) is 22.1 Å². The van der Waals surface area contributed by atoms with E-state index < -0.39 is 0 Å². The highest BCUT2D eigenvalue weighted by molar-refractivity contribution is 7.16. The fraction of sp³-hybridized carbons (Fsp3) is 0.0833. The van der Waals surface area contributed by atoms with E-state index in [4.69, 9.17) is 4.74 Å². The Morgan fingerprint density at radius 3 is 3.07 bits per heavy atom. The summed E-state index contributed by atoms with van der Waals surface area (Å²) in [6.07, 6.45) is 1.90. The van der Waals surface area contributed by atoms with Crippen LogP contribution in [0.3, 0.4) is 0 Å². The predicted octanol–water partition coefficient (Wildman–Crippen LogP) is 3.46. The third kappa shape index (κ3) is 1.20. The zero-order chi connectivity index (χ0) is 10.3. The molecule has 0 fully saturated rings. The Labute approximate surface area is 91.1 Å². The first kappa shape index (κ1) is 8.68. The van der Waals surface area contributed by atoms with Crippen LogP contribution in [0.5, 0.6) is 5.75 Å². The highest BCUT2D eigenvalue weighted by atomic mass is 32.1. The number of fused-ring (bicyclic) bond motifs is 3. The summed E-state index contributed by atoms with van der Waals surface area (Å²) in [5, 5.41) is 5.52. The molecule has 0 unspecified atom stereocenters. The molecule has 2 nitrogen and oxygen atoms in total. The first-order valence-electron chi connectivity index (χ1n) is 4.69. The molecule has 0 spiro atoms. The van der Waals surface area contributed by atoms with Crippen molar-refractivity contribution in [1.29, 1.82) is 0 Å². The molecule has 0 atom stereocenters. The molecule has 0 saturated carbocycles. The summed E-state index contributed by atoms with van der Waals surface area (Å²) in [4.78, 5) is 5.47. The van der Waals surface area contributed by atoms with E-state index in [0.717, 1.165) is 21.4 Å². The summed E-state index contributed by atoms with van der Waals surface area (Å²) in [5.74, 6) is 0.915. The number of hydrogen-bond donors (Lipinski definition) is 0. The molecule has 2 aromatic heterocycles. The van der Waals surface area contributed by atoms with Crippen molar-refractivity contribution in [2.45, 2.75) is 0 Å². The molecule has 74 valence electrons. The number of ether oxygens (including phenoxy) is 1. The number of hydrogen-bond acceptors (Lipinski definition) is 3. The number of aromatic nitrogens is 1. The van der Waals surface area contributed by atoms with E-state index in [9.17, 15) is 0 Å². The van der Waals surface area contributed by atoms with Gasteiger partial charge in [0, 0.05) is 22.4 Å². The summed E-state index contributed by atoms with van der Waals surface area (Å²) in [7, 11) is 1.70. The molecule has 2 heterocycles. The van der Waals surface area contributed by atoms with Gasteiger partial charge in [-0.25, -0.2) is 4.98 Å². The van der Waals surface area contributed by atoms with E-state index >= 15 is 0 Å². The Kier molecular flexibility index (Phi) is 1.86. The fourth-order valence-electron chi connectivity index (χ4n) is 1.83. The van der Waals surface area contributed by atoms with E-state index in [1.54, 1.807) is 18.4 Å². The lowest BCUT2D eigenvalue weighted by molar-refractivity contribution is 0.420. The quantitative estimate of drug-likeness (QED) is 0.620. The zero-order valence-electron chi connectivity index (χ0n) is 8.23. The van der Waals surface area contributed by atoms with Crippen molar-refractivity contribution in [3.63, 3.8) is 0 Å². The molecule has 0 radical (unpaired) electrons. The van der Waals surface area contributed by atoms with Crippen LogP contribution in [0.15, 0.2) is 35.8 Å². The lowest BCUT2D eigenvalue weighted by Gasteiger charge is -2.05. The maximum Gasteiger partial charge on any atom is 0.127 e. The number of thiophene rings is 1. The van der Waals surface area contributed by atoms with Crippen molar-refractivity contribution in [3.8, 4) is 5.75 Å². The van der Waals surface area contributed by atoms with Crippen LogP contribution in [0.2, 0.25) is 0 Å². The molecule has 0 amide bonds. The summed E-state index contributed by atoms with van der Waals surface area (Å²) in [6.45, 7) is 0. The third-order valence-corrected chi connectivity index (χ3v) is 3.33. The molecular formula is C12H9NOS. The second kappa shape index (κ2) is 3.21. The van der Waals surface area contributed by atoms with Gasteiger partial charge in [0.2, 0.25) is 0 Å². The van der Waals surface area contributed by atoms with E-state index in [1.807, 2.05) is 18.3 Å². The van der Waals surface area contributed by atoms with Crippen molar-refractivity contribution >= 4 is 32.3 Å². The third-order valence-electron chi connectivity index (χ3n) is 2.51. The van der Waals surface area contributed by atoms with E-state index in [1.165, 1.54) is 5.39 Å². The van der Waals surface area contributed by atoms with Gasteiger partial charge in [0.1, 0.15) is 10.6 Å². The van der Waals surface area contributed by atoms with E-state index in [-0.39, 0.29) is 0 Å². The van der Waals surface area contributed by atoms with Crippen molar-refractivity contribution in [2.75, 3.05) is 7.11 Å². The van der Waals surface area contributed by atoms with Crippen LogP contribution >= 0.6 is 11.3 Å². The van der Waals surface area contributed by atoms with Gasteiger partial charge >= 0.3 is 0 Å². The predicted molar refractivity (Wildman–Crippen MR) is 63.7 cm³/mol. The Balaban J connectivity index is 2.58. The molecule has 0 N–H and O–H groups in total. The van der Waals surface area contributed by atoms with Crippen molar-refractivity contribution in [2.24, 2.45) is 0 Å². The highest BCUT2D eigenvalue weighted by Gasteiger charge is 2.07. The van der Waals surface area contributed by atoms with Crippen molar-refractivity contribution in [1.82, 2.24) is 4.98 Å². The minimum atomic E-state index is 0.915. The van der Waals surface area contributed by atoms with Gasteiger partial charge in [-0.2, -0.15) is 0 Å². The van der Waals surface area contributed by atoms with Gasteiger partial charge < -0.3 is 4.74 Å². The largest absolute Gasteiger partial charge is 0.496 e. The maximum atomic E-state index is 5.38. The number of pyridine rings is 1. The first-order chi connectivity index (χ1) is 7.40. The van der Waals surface area contributed by atoms with Gasteiger partial charge in [-0.3, -0.25) is 0 Å². The molecule has 3 heteroatoms. The molecule has 1 aromatic carbocycles. The van der Waals surface area contributed by atoms with Crippen LogP contribution in [0.1, 0.15) is 0 Å². The van der Waals surface area contributed by atoms with Crippen molar-refractivity contribution in [3.05, 3.63) is 35.8 Å². The second-order valence-electron chi connectivity index (χ2n) is 3.32. The Bertz CT molecular complexity index is 630. The lowest BCUT2D eigenvalue weighted by Crippen LogP contribution is -1.85. The number of methoxy groups -OCH3 is 1. The van der Waals surface area contributed by atoms with Gasteiger partial charge in [-0.1, -0.05) is 12.1 Å². The minimum Gasteiger partial charge on any atom is -0.496 e. The van der Waals surface area contributed by atoms with E-state index in [0.29, 0.717) is 0 Å². The second-order valence-corrected chi connectivity index (χ2v) is 4.22. The Morgan fingerprint density at radius 1 is 1.27 bits per heavy atom. The van der Waals surface area contributed by atoms with Crippen LogP contribution in [0, 0.1) is 0 Å². The molecule has 3 aromatic rings. The van der Waals surface area contributed by atoms with Crippen molar-refractivity contribution < 1.29 is 4.74 Å².